The van der Waals surface area contributed by atoms with E-state index in [4.69, 9.17) is 4.74 Å². The molecule has 0 bridgehead atoms. The van der Waals surface area contributed by atoms with Crippen LogP contribution in [0.4, 0.5) is 13.2 Å². The highest BCUT2D eigenvalue weighted by atomic mass is 32.1. The first-order valence-electron chi connectivity index (χ1n) is 6.55. The minimum Gasteiger partial charge on any atom is -0.487 e. The first kappa shape index (κ1) is 14.9. The van der Waals surface area contributed by atoms with Crippen molar-refractivity contribution >= 4 is 21.4 Å². The van der Waals surface area contributed by atoms with E-state index in [9.17, 15) is 13.2 Å². The molecular weight excluding hydrogens is 313 g/mol. The molecule has 0 amide bonds. The van der Waals surface area contributed by atoms with Gasteiger partial charge in [0.05, 0.1) is 5.69 Å². The summed E-state index contributed by atoms with van der Waals surface area (Å²) in [6.45, 7) is 2.02. The van der Waals surface area contributed by atoms with Gasteiger partial charge in [0, 0.05) is 11.7 Å². The van der Waals surface area contributed by atoms with Gasteiger partial charge in [-0.3, -0.25) is 4.68 Å². The highest BCUT2D eigenvalue weighted by Gasteiger charge is 2.34. The van der Waals surface area contributed by atoms with E-state index in [1.807, 2.05) is 30.5 Å². The summed E-state index contributed by atoms with van der Waals surface area (Å²) in [5.41, 5.74) is 0.546. The van der Waals surface area contributed by atoms with E-state index in [1.165, 1.54) is 11.7 Å². The minimum atomic E-state index is -4.44. The molecule has 0 aliphatic heterocycles. The first-order chi connectivity index (χ1) is 10.3. The van der Waals surface area contributed by atoms with E-state index in [0.29, 0.717) is 11.4 Å². The largest absolute Gasteiger partial charge is 0.487 e. The van der Waals surface area contributed by atoms with E-state index in [1.54, 1.807) is 11.3 Å². The molecule has 7 heteroatoms. The molecule has 1 aromatic carbocycles. The average molecular weight is 326 g/mol. The molecule has 116 valence electrons. The third kappa shape index (κ3) is 2.81. The quantitative estimate of drug-likeness (QED) is 0.706. The Morgan fingerprint density at radius 1 is 1.27 bits per heavy atom. The van der Waals surface area contributed by atoms with Gasteiger partial charge in [0.25, 0.3) is 0 Å². The smallest absolute Gasteiger partial charge is 0.435 e. The fourth-order valence-corrected chi connectivity index (χ4v) is 3.13. The summed E-state index contributed by atoms with van der Waals surface area (Å²) >= 11 is 1.60. The first-order valence-corrected chi connectivity index (χ1v) is 7.43. The average Bonchev–Trinajstić information content (AvgIpc) is 3.02. The Balaban J connectivity index is 1.80. The van der Waals surface area contributed by atoms with Crippen molar-refractivity contribution in [2.75, 3.05) is 0 Å². The molecule has 2 aromatic heterocycles. The lowest BCUT2D eigenvalue weighted by Crippen LogP contribution is -2.06. The lowest BCUT2D eigenvalue weighted by atomic mass is 10.1. The van der Waals surface area contributed by atoms with E-state index in [0.717, 1.165) is 21.7 Å². The molecule has 0 unspecified atom stereocenters. The molecule has 0 aliphatic carbocycles. The van der Waals surface area contributed by atoms with E-state index < -0.39 is 11.9 Å². The topological polar surface area (TPSA) is 27.1 Å². The predicted octanol–water partition coefficient (Wildman–Crippen LogP) is 4.54. The van der Waals surface area contributed by atoms with Gasteiger partial charge < -0.3 is 4.74 Å². The third-order valence-corrected chi connectivity index (χ3v) is 4.27. The number of rotatable bonds is 3. The van der Waals surface area contributed by atoms with Gasteiger partial charge in [-0.15, -0.1) is 11.3 Å². The summed E-state index contributed by atoms with van der Waals surface area (Å²) in [5, 5.41) is 6.63. The van der Waals surface area contributed by atoms with Crippen molar-refractivity contribution in [2.45, 2.75) is 19.7 Å². The van der Waals surface area contributed by atoms with Gasteiger partial charge in [-0.25, -0.2) is 0 Å². The van der Waals surface area contributed by atoms with Crippen molar-refractivity contribution in [1.82, 2.24) is 9.78 Å². The molecule has 3 rings (SSSR count). The SMILES string of the molecule is Cc1cc(OCc2cc(C(F)(F)F)nn2C)cc2sccc12. The van der Waals surface area contributed by atoms with Gasteiger partial charge in [-0.05, 0) is 47.5 Å². The lowest BCUT2D eigenvalue weighted by molar-refractivity contribution is -0.141. The summed E-state index contributed by atoms with van der Waals surface area (Å²) in [6, 6.07) is 6.83. The zero-order valence-electron chi connectivity index (χ0n) is 11.9. The van der Waals surface area contributed by atoms with Crippen molar-refractivity contribution in [1.29, 1.82) is 0 Å². The van der Waals surface area contributed by atoms with Crippen LogP contribution in [0.1, 0.15) is 17.0 Å². The van der Waals surface area contributed by atoms with Crippen LogP contribution in [0.15, 0.2) is 29.6 Å². The van der Waals surface area contributed by atoms with E-state index >= 15 is 0 Å². The van der Waals surface area contributed by atoms with E-state index in [2.05, 4.69) is 5.10 Å². The molecule has 0 spiro atoms. The Labute approximate surface area is 128 Å². The molecule has 0 saturated heterocycles. The number of benzene rings is 1. The maximum absolute atomic E-state index is 12.6. The van der Waals surface area contributed by atoms with Crippen molar-refractivity contribution in [3.63, 3.8) is 0 Å². The number of fused-ring (bicyclic) bond motifs is 1. The van der Waals surface area contributed by atoms with Crippen LogP contribution in [-0.4, -0.2) is 9.78 Å². The number of aromatic nitrogens is 2. The molecule has 3 nitrogen and oxygen atoms in total. The van der Waals surface area contributed by atoms with Crippen molar-refractivity contribution < 1.29 is 17.9 Å². The summed E-state index contributed by atoms with van der Waals surface area (Å²) in [5.74, 6) is 0.641. The number of alkyl halides is 3. The normalized spacial score (nSPS) is 12.0. The van der Waals surface area contributed by atoms with E-state index in [-0.39, 0.29) is 6.61 Å². The molecule has 0 saturated carbocycles. The summed E-state index contributed by atoms with van der Waals surface area (Å²) in [6.07, 6.45) is -4.44. The van der Waals surface area contributed by atoms with Crippen molar-refractivity contribution in [3.05, 3.63) is 46.6 Å². The Hall–Kier alpha value is -2.02. The maximum atomic E-state index is 12.6. The Morgan fingerprint density at radius 3 is 2.73 bits per heavy atom. The van der Waals surface area contributed by atoms with Crippen LogP contribution in [-0.2, 0) is 19.8 Å². The fraction of sp³-hybridized carbons (Fsp3) is 0.267. The number of nitrogens with zero attached hydrogens (tertiary/aromatic N) is 2. The molecule has 0 N–H and O–H groups in total. The molecule has 0 radical (unpaired) electrons. The second-order valence-electron chi connectivity index (χ2n) is 5.00. The molecule has 0 aliphatic rings. The standard InChI is InChI=1S/C15H13F3N2OS/c1-9-5-11(7-13-12(9)3-4-22-13)21-8-10-6-14(15(16,17)18)19-20(10)2/h3-7H,8H2,1-2H3. The predicted molar refractivity (Wildman–Crippen MR) is 79.1 cm³/mol. The molecule has 3 aromatic rings. The summed E-state index contributed by atoms with van der Waals surface area (Å²) in [7, 11) is 1.47. The lowest BCUT2D eigenvalue weighted by Gasteiger charge is -2.08. The van der Waals surface area contributed by atoms with Crippen LogP contribution in [0, 0.1) is 6.92 Å². The molecule has 2 heterocycles. The Kier molecular flexibility index (Phi) is 3.60. The molecule has 0 atom stereocenters. The zero-order chi connectivity index (χ0) is 15.9. The van der Waals surface area contributed by atoms with Gasteiger partial charge in [-0.1, -0.05) is 0 Å². The van der Waals surface area contributed by atoms with Crippen molar-refractivity contribution in [3.8, 4) is 5.75 Å². The second kappa shape index (κ2) is 5.31. The van der Waals surface area contributed by atoms with Gasteiger partial charge in [-0.2, -0.15) is 18.3 Å². The highest BCUT2D eigenvalue weighted by molar-refractivity contribution is 7.17. The Bertz CT molecular complexity index is 820. The number of hydrogen-bond acceptors (Lipinski definition) is 3. The number of thiophene rings is 1. The second-order valence-corrected chi connectivity index (χ2v) is 5.95. The zero-order valence-corrected chi connectivity index (χ0v) is 12.8. The van der Waals surface area contributed by atoms with Crippen LogP contribution in [0.5, 0.6) is 5.75 Å². The third-order valence-electron chi connectivity index (χ3n) is 3.41. The highest BCUT2D eigenvalue weighted by Crippen LogP contribution is 2.31. The number of ether oxygens (including phenoxy) is 1. The van der Waals surface area contributed by atoms with Gasteiger partial charge >= 0.3 is 6.18 Å². The summed E-state index contributed by atoms with van der Waals surface area (Å²) in [4.78, 5) is 0. The molecule has 0 fully saturated rings. The van der Waals surface area contributed by atoms with Crippen LogP contribution in [0.25, 0.3) is 10.1 Å². The molecule has 22 heavy (non-hydrogen) atoms. The Morgan fingerprint density at radius 2 is 2.05 bits per heavy atom. The van der Waals surface area contributed by atoms with Crippen LogP contribution in [0.3, 0.4) is 0 Å². The number of hydrogen-bond donors (Lipinski definition) is 0. The van der Waals surface area contributed by atoms with Gasteiger partial charge in [0.15, 0.2) is 5.69 Å². The monoisotopic (exact) mass is 326 g/mol. The number of halogens is 3. The minimum absolute atomic E-state index is 0.0376. The fourth-order valence-electron chi connectivity index (χ4n) is 2.24. The summed E-state index contributed by atoms with van der Waals surface area (Å²) < 4.78 is 45.8. The number of aryl methyl sites for hydroxylation is 2. The van der Waals surface area contributed by atoms with Crippen molar-refractivity contribution in [2.24, 2.45) is 7.05 Å². The van der Waals surface area contributed by atoms with Crippen LogP contribution >= 0.6 is 11.3 Å². The van der Waals surface area contributed by atoms with Gasteiger partial charge in [0.1, 0.15) is 12.4 Å². The van der Waals surface area contributed by atoms with Gasteiger partial charge in [0.2, 0.25) is 0 Å². The maximum Gasteiger partial charge on any atom is 0.435 e. The van der Waals surface area contributed by atoms with Crippen LogP contribution in [0.2, 0.25) is 0 Å². The van der Waals surface area contributed by atoms with Crippen LogP contribution < -0.4 is 4.74 Å². The molecular formula is C15H13F3N2OS.